The van der Waals surface area contributed by atoms with Crippen LogP contribution in [0.1, 0.15) is 21.5 Å². The maximum absolute atomic E-state index is 11.1. The van der Waals surface area contributed by atoms with Gasteiger partial charge in [0, 0.05) is 22.8 Å². The van der Waals surface area contributed by atoms with Crippen molar-refractivity contribution in [1.29, 1.82) is 0 Å². The van der Waals surface area contributed by atoms with Crippen LogP contribution in [0.15, 0.2) is 60.7 Å². The average molecular weight is 432 g/mol. The lowest BCUT2D eigenvalue weighted by molar-refractivity contribution is 0.0697. The molecule has 0 heterocycles. The number of nitrogens with one attached hydrogen (secondary N) is 1. The first-order valence-electron chi connectivity index (χ1n) is 8.77. The van der Waals surface area contributed by atoms with E-state index in [4.69, 9.17) is 37.8 Å². The molecule has 150 valence electrons. The van der Waals surface area contributed by atoms with E-state index in [0.717, 1.165) is 11.1 Å². The Bertz CT molecular complexity index is 1020. The van der Waals surface area contributed by atoms with Gasteiger partial charge >= 0.3 is 5.97 Å². The van der Waals surface area contributed by atoms with Crippen LogP contribution in [-0.4, -0.2) is 18.2 Å². The van der Waals surface area contributed by atoms with Crippen molar-refractivity contribution in [2.24, 2.45) is 0 Å². The molecule has 0 fully saturated rings. The maximum Gasteiger partial charge on any atom is 0.337 e. The van der Waals surface area contributed by atoms with E-state index in [9.17, 15) is 4.79 Å². The van der Waals surface area contributed by atoms with E-state index < -0.39 is 5.97 Å². The Hall–Kier alpha value is -2.89. The van der Waals surface area contributed by atoms with Crippen molar-refractivity contribution >= 4 is 34.9 Å². The number of halogens is 2. The minimum Gasteiger partial charge on any atom is -0.493 e. The SMILES string of the molecule is COc1cccc(CNc2ccc(C(=O)O)c(Cl)c2)c1OCc1cccc(Cl)c1. The van der Waals surface area contributed by atoms with E-state index >= 15 is 0 Å². The lowest BCUT2D eigenvalue weighted by Gasteiger charge is -2.16. The van der Waals surface area contributed by atoms with E-state index in [1.54, 1.807) is 19.2 Å². The number of ether oxygens (including phenoxy) is 2. The topological polar surface area (TPSA) is 67.8 Å². The first-order valence-corrected chi connectivity index (χ1v) is 9.53. The Morgan fingerprint density at radius 1 is 1.07 bits per heavy atom. The van der Waals surface area contributed by atoms with Gasteiger partial charge in [0.1, 0.15) is 6.61 Å². The van der Waals surface area contributed by atoms with Crippen molar-refractivity contribution in [3.63, 3.8) is 0 Å². The van der Waals surface area contributed by atoms with Crippen LogP contribution in [0.5, 0.6) is 11.5 Å². The molecule has 5 nitrogen and oxygen atoms in total. The Balaban J connectivity index is 1.77. The predicted molar refractivity (Wildman–Crippen MR) is 115 cm³/mol. The number of hydrogen-bond donors (Lipinski definition) is 2. The molecule has 0 radical (unpaired) electrons. The summed E-state index contributed by atoms with van der Waals surface area (Å²) in [4.78, 5) is 11.1. The fourth-order valence-corrected chi connectivity index (χ4v) is 3.28. The zero-order chi connectivity index (χ0) is 20.8. The molecule has 3 rings (SSSR count). The summed E-state index contributed by atoms with van der Waals surface area (Å²) in [6, 6.07) is 17.8. The molecule has 0 unspecified atom stereocenters. The standard InChI is InChI=1S/C22H19Cl2NO4/c1-28-20-7-3-5-15(21(20)29-13-14-4-2-6-16(23)10-14)12-25-17-8-9-18(22(26)27)19(24)11-17/h2-11,25H,12-13H2,1H3,(H,26,27). The second-order valence-electron chi connectivity index (χ2n) is 6.22. The van der Waals surface area contributed by atoms with Gasteiger partial charge in [-0.15, -0.1) is 0 Å². The molecule has 3 aromatic carbocycles. The van der Waals surface area contributed by atoms with E-state index in [1.807, 2.05) is 42.5 Å². The van der Waals surface area contributed by atoms with Gasteiger partial charge in [0.2, 0.25) is 0 Å². The second kappa shape index (κ2) is 9.54. The molecule has 0 aromatic heterocycles. The summed E-state index contributed by atoms with van der Waals surface area (Å²) in [6.45, 7) is 0.776. The first kappa shape index (κ1) is 20.8. The number of aromatic carboxylic acids is 1. The largest absolute Gasteiger partial charge is 0.493 e. The zero-order valence-electron chi connectivity index (χ0n) is 15.6. The zero-order valence-corrected chi connectivity index (χ0v) is 17.1. The van der Waals surface area contributed by atoms with E-state index in [2.05, 4.69) is 5.32 Å². The Morgan fingerprint density at radius 3 is 2.55 bits per heavy atom. The highest BCUT2D eigenvalue weighted by Gasteiger charge is 2.13. The summed E-state index contributed by atoms with van der Waals surface area (Å²) in [7, 11) is 1.59. The van der Waals surface area contributed by atoms with Gasteiger partial charge in [-0.1, -0.05) is 47.5 Å². The maximum atomic E-state index is 11.1. The molecule has 0 spiro atoms. The van der Waals surface area contributed by atoms with Gasteiger partial charge in [-0.05, 0) is 42.0 Å². The minimum absolute atomic E-state index is 0.0594. The van der Waals surface area contributed by atoms with E-state index in [0.29, 0.717) is 35.4 Å². The van der Waals surface area contributed by atoms with Gasteiger partial charge in [0.15, 0.2) is 11.5 Å². The molecular formula is C22H19Cl2NO4. The predicted octanol–water partition coefficient (Wildman–Crippen LogP) is 5.89. The van der Waals surface area contributed by atoms with Gasteiger partial charge in [-0.2, -0.15) is 0 Å². The number of anilines is 1. The Labute approximate surface area is 178 Å². The fraction of sp³-hybridized carbons (Fsp3) is 0.136. The second-order valence-corrected chi connectivity index (χ2v) is 7.06. The van der Waals surface area contributed by atoms with Crippen molar-refractivity contribution < 1.29 is 19.4 Å². The Morgan fingerprint density at radius 2 is 1.86 bits per heavy atom. The highest BCUT2D eigenvalue weighted by atomic mass is 35.5. The molecule has 0 saturated carbocycles. The highest BCUT2D eigenvalue weighted by Crippen LogP contribution is 2.33. The summed E-state index contributed by atoms with van der Waals surface area (Å²) < 4.78 is 11.5. The van der Waals surface area contributed by atoms with Gasteiger partial charge in [-0.25, -0.2) is 4.79 Å². The number of para-hydroxylation sites is 1. The summed E-state index contributed by atoms with van der Waals surface area (Å²) in [5.41, 5.74) is 2.58. The van der Waals surface area contributed by atoms with Crippen LogP contribution in [0.3, 0.4) is 0 Å². The molecule has 7 heteroatoms. The molecule has 0 bridgehead atoms. The molecule has 0 aliphatic rings. The number of carbonyl (C=O) groups is 1. The number of rotatable bonds is 8. The number of benzene rings is 3. The smallest absolute Gasteiger partial charge is 0.337 e. The van der Waals surface area contributed by atoms with Crippen LogP contribution in [0.4, 0.5) is 5.69 Å². The summed E-state index contributed by atoms with van der Waals surface area (Å²) in [5, 5.41) is 13.1. The summed E-state index contributed by atoms with van der Waals surface area (Å²) >= 11 is 12.1. The first-order chi connectivity index (χ1) is 14.0. The van der Waals surface area contributed by atoms with Crippen LogP contribution < -0.4 is 14.8 Å². The number of carboxylic acids is 1. The molecule has 0 aliphatic heterocycles. The number of methoxy groups -OCH3 is 1. The van der Waals surface area contributed by atoms with Crippen molar-refractivity contribution in [2.75, 3.05) is 12.4 Å². The van der Waals surface area contributed by atoms with Crippen LogP contribution in [-0.2, 0) is 13.2 Å². The molecule has 0 amide bonds. The molecule has 0 saturated heterocycles. The highest BCUT2D eigenvalue weighted by molar-refractivity contribution is 6.33. The normalized spacial score (nSPS) is 10.4. The summed E-state index contributed by atoms with van der Waals surface area (Å²) in [6.07, 6.45) is 0. The van der Waals surface area contributed by atoms with Crippen molar-refractivity contribution in [3.05, 3.63) is 87.4 Å². The molecule has 29 heavy (non-hydrogen) atoms. The average Bonchev–Trinajstić information content (AvgIpc) is 2.70. The third-order valence-corrected chi connectivity index (χ3v) is 4.78. The summed E-state index contributed by atoms with van der Waals surface area (Å²) in [5.74, 6) is 0.173. The van der Waals surface area contributed by atoms with Gasteiger partial charge < -0.3 is 19.9 Å². The molecule has 2 N–H and O–H groups in total. The van der Waals surface area contributed by atoms with Crippen molar-refractivity contribution in [2.45, 2.75) is 13.2 Å². The fourth-order valence-electron chi connectivity index (χ4n) is 2.80. The van der Waals surface area contributed by atoms with Crippen LogP contribution in [0.2, 0.25) is 10.0 Å². The number of carboxylic acid groups (broad SMARTS) is 1. The van der Waals surface area contributed by atoms with Crippen molar-refractivity contribution in [1.82, 2.24) is 0 Å². The monoisotopic (exact) mass is 431 g/mol. The quantitative estimate of drug-likeness (QED) is 0.465. The minimum atomic E-state index is -1.06. The number of hydrogen-bond acceptors (Lipinski definition) is 4. The Kier molecular flexibility index (Phi) is 6.86. The molecule has 0 aliphatic carbocycles. The van der Waals surface area contributed by atoms with Gasteiger partial charge in [0.05, 0.1) is 17.7 Å². The third kappa shape index (κ3) is 5.34. The van der Waals surface area contributed by atoms with Crippen LogP contribution >= 0.6 is 23.2 Å². The van der Waals surface area contributed by atoms with Crippen LogP contribution in [0.25, 0.3) is 0 Å². The molecular weight excluding hydrogens is 413 g/mol. The van der Waals surface area contributed by atoms with Gasteiger partial charge in [0.25, 0.3) is 0 Å². The lowest BCUT2D eigenvalue weighted by Crippen LogP contribution is -2.06. The molecule has 3 aromatic rings. The third-order valence-electron chi connectivity index (χ3n) is 4.24. The van der Waals surface area contributed by atoms with Crippen molar-refractivity contribution in [3.8, 4) is 11.5 Å². The molecule has 0 atom stereocenters. The van der Waals surface area contributed by atoms with E-state index in [-0.39, 0.29) is 10.6 Å². The lowest BCUT2D eigenvalue weighted by atomic mass is 10.1. The van der Waals surface area contributed by atoms with Crippen LogP contribution in [0, 0.1) is 0 Å². The van der Waals surface area contributed by atoms with Gasteiger partial charge in [-0.3, -0.25) is 0 Å². The van der Waals surface area contributed by atoms with E-state index in [1.165, 1.54) is 6.07 Å².